The summed E-state index contributed by atoms with van der Waals surface area (Å²) in [5, 5.41) is 9.97. The fourth-order valence-electron chi connectivity index (χ4n) is 3.22. The number of unbranched alkanes of at least 4 members (excludes halogenated alkanes) is 1. The van der Waals surface area contributed by atoms with Gasteiger partial charge in [-0.2, -0.15) is 18.3 Å². The van der Waals surface area contributed by atoms with Gasteiger partial charge in [-0.25, -0.2) is 9.48 Å². The highest BCUT2D eigenvalue weighted by Crippen LogP contribution is 2.29. The number of nitrogens with zero attached hydrogens (tertiary/aromatic N) is 2. The molecule has 0 unspecified atom stereocenters. The predicted molar refractivity (Wildman–Crippen MR) is 118 cm³/mol. The molecule has 6 nitrogen and oxygen atoms in total. The van der Waals surface area contributed by atoms with Crippen LogP contribution in [0.2, 0.25) is 0 Å². The highest BCUT2D eigenvalue weighted by molar-refractivity contribution is 5.90. The predicted octanol–water partition coefficient (Wildman–Crippen LogP) is 5.13. The maximum atomic E-state index is 12.9. The van der Waals surface area contributed by atoms with Crippen LogP contribution in [0.25, 0.3) is 5.69 Å². The second kappa shape index (κ2) is 10.3. The first kappa shape index (κ1) is 23.3. The lowest BCUT2D eigenvalue weighted by atomic mass is 10.2. The van der Waals surface area contributed by atoms with Crippen molar-refractivity contribution in [2.45, 2.75) is 45.3 Å². The van der Waals surface area contributed by atoms with Crippen LogP contribution in [0.3, 0.4) is 0 Å². The van der Waals surface area contributed by atoms with Gasteiger partial charge in [0.2, 0.25) is 0 Å². The third kappa shape index (κ3) is 6.10. The third-order valence-electron chi connectivity index (χ3n) is 4.92. The van der Waals surface area contributed by atoms with Gasteiger partial charge < -0.3 is 11.1 Å². The summed E-state index contributed by atoms with van der Waals surface area (Å²) in [4.78, 5) is 12.6. The van der Waals surface area contributed by atoms with E-state index in [0.717, 1.165) is 42.3 Å². The Hall–Kier alpha value is -3.33. The van der Waals surface area contributed by atoms with Gasteiger partial charge in [-0.1, -0.05) is 43.7 Å². The Balaban J connectivity index is 1.78. The molecule has 4 N–H and O–H groups in total. The summed E-state index contributed by atoms with van der Waals surface area (Å²) in [5.74, 6) is 0.454. The first-order valence-electron chi connectivity index (χ1n) is 10.4. The molecule has 1 aliphatic carbocycles. The Morgan fingerprint density at radius 3 is 2.78 bits per heavy atom. The highest BCUT2D eigenvalue weighted by atomic mass is 19.4. The van der Waals surface area contributed by atoms with Crippen molar-refractivity contribution in [2.24, 2.45) is 5.73 Å². The van der Waals surface area contributed by atoms with E-state index in [9.17, 15) is 18.0 Å². The van der Waals surface area contributed by atoms with Gasteiger partial charge in [-0.15, -0.1) is 0 Å². The van der Waals surface area contributed by atoms with Crippen molar-refractivity contribution in [3.63, 3.8) is 0 Å². The number of nitrogens with two attached hydrogens (primary N) is 1. The quantitative estimate of drug-likeness (QED) is 0.553. The molecule has 0 fully saturated rings. The molecule has 0 saturated heterocycles. The average Bonchev–Trinajstić information content (AvgIpc) is 2.99. The molecule has 0 aliphatic heterocycles. The molecule has 170 valence electrons. The van der Waals surface area contributed by atoms with E-state index in [2.05, 4.69) is 22.7 Å². The molecule has 9 heteroatoms. The number of anilines is 1. The molecule has 1 aromatic carbocycles. The van der Waals surface area contributed by atoms with Gasteiger partial charge in [0, 0.05) is 23.9 Å². The van der Waals surface area contributed by atoms with E-state index in [1.807, 2.05) is 24.3 Å². The fourth-order valence-corrected chi connectivity index (χ4v) is 3.22. The van der Waals surface area contributed by atoms with E-state index in [1.165, 1.54) is 18.2 Å². The Morgan fingerprint density at radius 2 is 2.06 bits per heavy atom. The lowest BCUT2D eigenvalue weighted by molar-refractivity contribution is -0.0928. The normalized spacial score (nSPS) is 13.9. The van der Waals surface area contributed by atoms with Gasteiger partial charge in [0.25, 0.3) is 0 Å². The van der Waals surface area contributed by atoms with Crippen molar-refractivity contribution in [3.8, 4) is 5.69 Å². The van der Waals surface area contributed by atoms with Crippen molar-refractivity contribution >= 4 is 11.8 Å². The minimum atomic E-state index is -4.40. The maximum absolute atomic E-state index is 12.9. The van der Waals surface area contributed by atoms with Crippen LogP contribution in [-0.2, 0) is 13.0 Å². The minimum Gasteiger partial charge on any atom is -0.326 e. The van der Waals surface area contributed by atoms with Gasteiger partial charge in [0.15, 0.2) is 0 Å². The SMILES string of the molecule is CCCCc1cc(NC(=O)NC2=CCC(C(F)(F)F)=CC=C2)n(-c2cccc(CN)c2)n1. The van der Waals surface area contributed by atoms with Crippen LogP contribution >= 0.6 is 0 Å². The summed E-state index contributed by atoms with van der Waals surface area (Å²) >= 11 is 0. The smallest absolute Gasteiger partial charge is 0.326 e. The maximum Gasteiger partial charge on any atom is 0.412 e. The average molecular weight is 445 g/mol. The van der Waals surface area contributed by atoms with Crippen molar-refractivity contribution in [1.82, 2.24) is 15.1 Å². The number of allylic oxidation sites excluding steroid dienone is 5. The summed E-state index contributed by atoms with van der Waals surface area (Å²) in [6.45, 7) is 2.46. The molecule has 1 heterocycles. The molecular weight excluding hydrogens is 419 g/mol. The number of carbonyl (C=O) groups is 1. The van der Waals surface area contributed by atoms with Crippen LogP contribution in [-0.4, -0.2) is 22.0 Å². The largest absolute Gasteiger partial charge is 0.412 e. The number of benzene rings is 1. The summed E-state index contributed by atoms with van der Waals surface area (Å²) in [5.41, 5.74) is 7.84. The number of hydrogen-bond acceptors (Lipinski definition) is 3. The van der Waals surface area contributed by atoms with Gasteiger partial charge in [-0.05, 0) is 43.0 Å². The van der Waals surface area contributed by atoms with Crippen LogP contribution in [0, 0.1) is 0 Å². The number of nitrogens with one attached hydrogen (secondary N) is 2. The number of carbonyl (C=O) groups excluding carboxylic acids is 1. The lowest BCUT2D eigenvalue weighted by Gasteiger charge is -2.11. The van der Waals surface area contributed by atoms with E-state index in [0.29, 0.717) is 12.4 Å². The van der Waals surface area contributed by atoms with Crippen LogP contribution in [0.1, 0.15) is 37.4 Å². The van der Waals surface area contributed by atoms with Gasteiger partial charge in [0.05, 0.1) is 11.4 Å². The number of amides is 2. The second-order valence-electron chi connectivity index (χ2n) is 7.40. The van der Waals surface area contributed by atoms with Crippen LogP contribution in [0.5, 0.6) is 0 Å². The van der Waals surface area contributed by atoms with Crippen LogP contribution in [0.15, 0.2) is 65.9 Å². The van der Waals surface area contributed by atoms with Crippen molar-refractivity contribution in [2.75, 3.05) is 5.32 Å². The molecule has 2 aromatic rings. The monoisotopic (exact) mass is 445 g/mol. The van der Waals surface area contributed by atoms with E-state index in [1.54, 1.807) is 10.7 Å². The first-order valence-corrected chi connectivity index (χ1v) is 10.4. The zero-order valence-electron chi connectivity index (χ0n) is 17.7. The van der Waals surface area contributed by atoms with Crippen molar-refractivity contribution < 1.29 is 18.0 Å². The minimum absolute atomic E-state index is 0.278. The lowest BCUT2D eigenvalue weighted by Crippen LogP contribution is -2.28. The van der Waals surface area contributed by atoms with Gasteiger partial charge >= 0.3 is 12.2 Å². The summed E-state index contributed by atoms with van der Waals surface area (Å²) in [6, 6.07) is 8.74. The van der Waals surface area contributed by atoms with Crippen molar-refractivity contribution in [1.29, 1.82) is 0 Å². The number of rotatable bonds is 7. The molecule has 0 bridgehead atoms. The first-order chi connectivity index (χ1) is 15.3. The molecule has 0 saturated carbocycles. The Labute approximate surface area is 184 Å². The number of halogens is 3. The topological polar surface area (TPSA) is 85.0 Å². The van der Waals surface area contributed by atoms with Gasteiger partial charge in [-0.3, -0.25) is 5.32 Å². The Morgan fingerprint density at radius 1 is 1.25 bits per heavy atom. The Kier molecular flexibility index (Phi) is 7.53. The standard InChI is InChI=1S/C23H26F3N5O/c1-2-3-8-19-14-21(31(30-19)20-10-4-6-16(13-20)15-27)29-22(32)28-18-9-5-7-17(11-12-18)23(24,25)26/h4-7,9-10,12-14H,2-3,8,11,15,27H2,1H3,(H2,28,29,32). The van der Waals surface area contributed by atoms with E-state index in [4.69, 9.17) is 5.73 Å². The molecule has 2 amide bonds. The molecule has 32 heavy (non-hydrogen) atoms. The van der Waals surface area contributed by atoms with Crippen molar-refractivity contribution in [3.05, 3.63) is 77.2 Å². The van der Waals surface area contributed by atoms with E-state index in [-0.39, 0.29) is 12.1 Å². The van der Waals surface area contributed by atoms with E-state index < -0.39 is 17.8 Å². The molecule has 3 rings (SSSR count). The zero-order valence-corrected chi connectivity index (χ0v) is 17.7. The fraction of sp³-hybridized carbons (Fsp3) is 0.304. The number of hydrogen-bond donors (Lipinski definition) is 3. The number of aryl methyl sites for hydroxylation is 1. The van der Waals surface area contributed by atoms with Crippen LogP contribution < -0.4 is 16.4 Å². The molecule has 1 aromatic heterocycles. The molecule has 1 aliphatic rings. The molecule has 0 spiro atoms. The summed E-state index contributed by atoms with van der Waals surface area (Å²) in [6.07, 6.45) is 3.02. The van der Waals surface area contributed by atoms with Crippen LogP contribution in [0.4, 0.5) is 23.8 Å². The van der Waals surface area contributed by atoms with E-state index >= 15 is 0 Å². The summed E-state index contributed by atoms with van der Waals surface area (Å²) < 4.78 is 40.3. The second-order valence-corrected chi connectivity index (χ2v) is 7.40. The zero-order chi connectivity index (χ0) is 23.1. The number of alkyl halides is 3. The third-order valence-corrected chi connectivity index (χ3v) is 4.92. The summed E-state index contributed by atoms with van der Waals surface area (Å²) in [7, 11) is 0. The highest BCUT2D eigenvalue weighted by Gasteiger charge is 2.32. The van der Waals surface area contributed by atoms with Gasteiger partial charge in [0.1, 0.15) is 5.82 Å². The molecule has 0 radical (unpaired) electrons. The molecule has 0 atom stereocenters. The Bertz CT molecular complexity index is 1050. The molecular formula is C23H26F3N5O. The number of aromatic nitrogens is 2. The number of urea groups is 1.